The minimum atomic E-state index is -1.06. The van der Waals surface area contributed by atoms with E-state index in [0.29, 0.717) is 13.0 Å². The number of nitrogens with zero attached hydrogens (tertiary/aromatic N) is 1. The largest absolute Gasteiger partial charge is 0.480 e. The lowest BCUT2D eigenvalue weighted by atomic mass is 10.1. The van der Waals surface area contributed by atoms with E-state index in [0.717, 1.165) is 16.0 Å². The number of halogens is 1. The molecule has 0 bridgehead atoms. The third-order valence-electron chi connectivity index (χ3n) is 2.69. The maximum Gasteiger partial charge on any atom is 0.323 e. The van der Waals surface area contributed by atoms with Gasteiger partial charge in [0.15, 0.2) is 0 Å². The van der Waals surface area contributed by atoms with Crippen LogP contribution in [0.1, 0.15) is 11.1 Å². The summed E-state index contributed by atoms with van der Waals surface area (Å²) in [7, 11) is 1.41. The van der Waals surface area contributed by atoms with Gasteiger partial charge in [0.1, 0.15) is 12.4 Å². The van der Waals surface area contributed by atoms with E-state index < -0.39 is 12.0 Å². The molecular weight excluding hydrogens is 251 g/mol. The van der Waals surface area contributed by atoms with Gasteiger partial charge in [0.05, 0.1) is 0 Å². The van der Waals surface area contributed by atoms with Crippen molar-refractivity contribution >= 4 is 12.0 Å². The number of carboxylic acids is 1. The highest BCUT2D eigenvalue weighted by Gasteiger charge is 2.11. The molecule has 1 aromatic rings. The highest BCUT2D eigenvalue weighted by Crippen LogP contribution is 2.10. The number of aryl methyl sites for hydroxylation is 1. The lowest BCUT2D eigenvalue weighted by Crippen LogP contribution is -2.40. The molecule has 0 fully saturated rings. The van der Waals surface area contributed by atoms with Crippen molar-refractivity contribution < 1.29 is 19.1 Å². The molecule has 0 spiro atoms. The van der Waals surface area contributed by atoms with Crippen molar-refractivity contribution in [1.82, 2.24) is 10.2 Å². The maximum absolute atomic E-state index is 12.9. The van der Waals surface area contributed by atoms with Gasteiger partial charge in [-0.2, -0.15) is 0 Å². The predicted octanol–water partition coefficient (Wildman–Crippen LogP) is 1.40. The number of likely N-dealkylation sites (N-methyl/N-ethyl adjacent to an activating group) is 1. The molecular formula is C13H17FN2O3. The highest BCUT2D eigenvalue weighted by atomic mass is 19.1. The third kappa shape index (κ3) is 4.95. The molecule has 5 nitrogen and oxygen atoms in total. The van der Waals surface area contributed by atoms with Gasteiger partial charge in [-0.25, -0.2) is 9.18 Å². The Morgan fingerprint density at radius 1 is 1.42 bits per heavy atom. The van der Waals surface area contributed by atoms with Crippen molar-refractivity contribution in [3.8, 4) is 0 Å². The summed E-state index contributed by atoms with van der Waals surface area (Å²) in [6.07, 6.45) is 0.568. The second-order valence-corrected chi connectivity index (χ2v) is 4.30. The second-order valence-electron chi connectivity index (χ2n) is 4.30. The van der Waals surface area contributed by atoms with Gasteiger partial charge in [-0.05, 0) is 36.6 Å². The Labute approximate surface area is 111 Å². The van der Waals surface area contributed by atoms with E-state index in [9.17, 15) is 14.0 Å². The Kier molecular flexibility index (Phi) is 5.29. The molecule has 0 aromatic heterocycles. The van der Waals surface area contributed by atoms with Crippen molar-refractivity contribution in [2.24, 2.45) is 0 Å². The van der Waals surface area contributed by atoms with Crippen molar-refractivity contribution in [3.05, 3.63) is 35.1 Å². The smallest absolute Gasteiger partial charge is 0.323 e. The predicted molar refractivity (Wildman–Crippen MR) is 68.5 cm³/mol. The quantitative estimate of drug-likeness (QED) is 0.848. The maximum atomic E-state index is 12.9. The molecule has 0 unspecified atom stereocenters. The first-order chi connectivity index (χ1) is 8.90. The number of benzene rings is 1. The van der Waals surface area contributed by atoms with Crippen LogP contribution in [0.15, 0.2) is 18.2 Å². The van der Waals surface area contributed by atoms with Crippen LogP contribution in [0.5, 0.6) is 0 Å². The van der Waals surface area contributed by atoms with Crippen molar-refractivity contribution in [2.75, 3.05) is 20.1 Å². The van der Waals surface area contributed by atoms with E-state index in [1.165, 1.54) is 19.2 Å². The Morgan fingerprint density at radius 3 is 2.68 bits per heavy atom. The topological polar surface area (TPSA) is 69.6 Å². The molecule has 104 valence electrons. The van der Waals surface area contributed by atoms with E-state index in [1.54, 1.807) is 13.0 Å². The molecule has 0 aliphatic carbocycles. The lowest BCUT2D eigenvalue weighted by molar-refractivity contribution is -0.137. The number of nitrogens with one attached hydrogen (secondary N) is 1. The Balaban J connectivity index is 2.41. The number of aliphatic carboxylic acids is 1. The molecule has 0 atom stereocenters. The van der Waals surface area contributed by atoms with Gasteiger partial charge in [0.25, 0.3) is 0 Å². The number of hydrogen-bond donors (Lipinski definition) is 2. The standard InChI is InChI=1S/C13H17FN2O3/c1-9-7-11(14)4-3-10(9)5-6-15-13(19)16(2)8-12(17)18/h3-4,7H,5-6,8H2,1-2H3,(H,15,19)(H,17,18). The fraction of sp³-hybridized carbons (Fsp3) is 0.385. The van der Waals surface area contributed by atoms with Crippen LogP contribution < -0.4 is 5.32 Å². The average Bonchev–Trinajstić information content (AvgIpc) is 2.30. The minimum absolute atomic E-state index is 0.286. The summed E-state index contributed by atoms with van der Waals surface area (Å²) in [4.78, 5) is 23.0. The number of rotatable bonds is 5. The Bertz CT molecular complexity index is 477. The molecule has 1 aromatic carbocycles. The van der Waals surface area contributed by atoms with Crippen LogP contribution >= 0.6 is 0 Å². The highest BCUT2D eigenvalue weighted by molar-refractivity contribution is 5.79. The second kappa shape index (κ2) is 6.72. The van der Waals surface area contributed by atoms with E-state index >= 15 is 0 Å². The first kappa shape index (κ1) is 14.9. The summed E-state index contributed by atoms with van der Waals surface area (Å²) in [5.41, 5.74) is 1.77. The number of carboxylic acid groups (broad SMARTS) is 1. The van der Waals surface area contributed by atoms with Gasteiger partial charge in [-0.3, -0.25) is 4.79 Å². The molecule has 0 saturated carbocycles. The van der Waals surface area contributed by atoms with Gasteiger partial charge in [-0.1, -0.05) is 6.07 Å². The monoisotopic (exact) mass is 268 g/mol. The summed E-state index contributed by atoms with van der Waals surface area (Å²) in [5, 5.41) is 11.1. The van der Waals surface area contributed by atoms with Crippen molar-refractivity contribution in [1.29, 1.82) is 0 Å². The average molecular weight is 268 g/mol. The van der Waals surface area contributed by atoms with E-state index in [4.69, 9.17) is 5.11 Å². The van der Waals surface area contributed by atoms with Crippen LogP contribution in [0.25, 0.3) is 0 Å². The zero-order valence-corrected chi connectivity index (χ0v) is 10.9. The zero-order valence-electron chi connectivity index (χ0n) is 10.9. The van der Waals surface area contributed by atoms with Crippen LogP contribution in [-0.2, 0) is 11.2 Å². The molecule has 19 heavy (non-hydrogen) atoms. The molecule has 0 aliphatic rings. The molecule has 2 N–H and O–H groups in total. The number of carbonyl (C=O) groups excluding carboxylic acids is 1. The Morgan fingerprint density at radius 2 is 2.11 bits per heavy atom. The summed E-state index contributed by atoms with van der Waals surface area (Å²) in [6.45, 7) is 1.83. The van der Waals surface area contributed by atoms with Crippen LogP contribution in [-0.4, -0.2) is 42.1 Å². The van der Waals surface area contributed by atoms with Gasteiger partial charge in [-0.15, -0.1) is 0 Å². The SMILES string of the molecule is Cc1cc(F)ccc1CCNC(=O)N(C)CC(=O)O. The summed E-state index contributed by atoms with van der Waals surface area (Å²) in [6, 6.07) is 4.05. The van der Waals surface area contributed by atoms with Gasteiger partial charge >= 0.3 is 12.0 Å². The van der Waals surface area contributed by atoms with E-state index in [-0.39, 0.29) is 12.4 Å². The van der Waals surface area contributed by atoms with Crippen molar-refractivity contribution in [2.45, 2.75) is 13.3 Å². The molecule has 0 radical (unpaired) electrons. The third-order valence-corrected chi connectivity index (χ3v) is 2.69. The Hall–Kier alpha value is -2.11. The van der Waals surface area contributed by atoms with E-state index in [2.05, 4.69) is 5.32 Å². The normalized spacial score (nSPS) is 10.1. The van der Waals surface area contributed by atoms with Crippen LogP contribution in [0, 0.1) is 12.7 Å². The van der Waals surface area contributed by atoms with Crippen LogP contribution in [0.2, 0.25) is 0 Å². The number of carbonyl (C=O) groups is 2. The minimum Gasteiger partial charge on any atom is -0.480 e. The molecule has 1 rings (SSSR count). The van der Waals surface area contributed by atoms with Crippen LogP contribution in [0.4, 0.5) is 9.18 Å². The molecule has 6 heteroatoms. The van der Waals surface area contributed by atoms with Gasteiger partial charge in [0, 0.05) is 13.6 Å². The van der Waals surface area contributed by atoms with Crippen LogP contribution in [0.3, 0.4) is 0 Å². The number of amides is 2. The van der Waals surface area contributed by atoms with Gasteiger partial charge < -0.3 is 15.3 Å². The lowest BCUT2D eigenvalue weighted by Gasteiger charge is -2.15. The fourth-order valence-corrected chi connectivity index (χ4v) is 1.65. The first-order valence-corrected chi connectivity index (χ1v) is 5.86. The van der Waals surface area contributed by atoms with Gasteiger partial charge in [0.2, 0.25) is 0 Å². The summed E-state index contributed by atoms with van der Waals surface area (Å²) in [5.74, 6) is -1.35. The fourth-order valence-electron chi connectivity index (χ4n) is 1.65. The molecule has 2 amide bonds. The summed E-state index contributed by atoms with van der Waals surface area (Å²) >= 11 is 0. The number of urea groups is 1. The molecule has 0 aliphatic heterocycles. The van der Waals surface area contributed by atoms with Crippen molar-refractivity contribution in [3.63, 3.8) is 0 Å². The number of hydrogen-bond acceptors (Lipinski definition) is 2. The van der Waals surface area contributed by atoms with E-state index in [1.807, 2.05) is 0 Å². The summed E-state index contributed by atoms with van der Waals surface area (Å²) < 4.78 is 12.9. The first-order valence-electron chi connectivity index (χ1n) is 5.86. The molecule has 0 heterocycles. The molecule has 0 saturated heterocycles. The zero-order chi connectivity index (χ0) is 14.4.